The summed E-state index contributed by atoms with van der Waals surface area (Å²) in [5.74, 6) is 0.891. The third kappa shape index (κ3) is 4.75. The van der Waals surface area contributed by atoms with Crippen molar-refractivity contribution in [2.45, 2.75) is 52.9 Å². The van der Waals surface area contributed by atoms with Gasteiger partial charge in [0.15, 0.2) is 0 Å². The summed E-state index contributed by atoms with van der Waals surface area (Å²) in [4.78, 5) is 11.7. The van der Waals surface area contributed by atoms with Crippen molar-refractivity contribution in [2.75, 3.05) is 6.61 Å². The maximum Gasteiger partial charge on any atom is 0.249 e. The summed E-state index contributed by atoms with van der Waals surface area (Å²) in [6.45, 7) is 6.81. The summed E-state index contributed by atoms with van der Waals surface area (Å²) in [6.07, 6.45) is 8.21. The Kier molecular flexibility index (Phi) is 6.08. The van der Waals surface area contributed by atoms with Gasteiger partial charge in [-0.2, -0.15) is 0 Å². The van der Waals surface area contributed by atoms with E-state index in [-0.39, 0.29) is 5.91 Å². The molecule has 2 N–H and O–H groups in total. The number of hydrazine groups is 1. The van der Waals surface area contributed by atoms with Gasteiger partial charge in [-0.1, -0.05) is 44.7 Å². The standard InChI is InChI=1S/C19H28N2O2/c1-4-5-6-7-8-13-23-16-11-9-15(10-12-16)14-17-19(2,3)18(22)21-20-17/h9-12,14,20H,4-8,13H2,1-3H3,(H,21,22)/b17-14-. The van der Waals surface area contributed by atoms with E-state index in [0.29, 0.717) is 0 Å². The Bertz CT molecular complexity index is 547. The van der Waals surface area contributed by atoms with Crippen molar-refractivity contribution < 1.29 is 9.53 Å². The Morgan fingerprint density at radius 3 is 2.35 bits per heavy atom. The van der Waals surface area contributed by atoms with Crippen LogP contribution in [0, 0.1) is 5.41 Å². The summed E-state index contributed by atoms with van der Waals surface area (Å²) in [7, 11) is 0. The van der Waals surface area contributed by atoms with E-state index in [0.717, 1.165) is 30.0 Å². The van der Waals surface area contributed by atoms with Gasteiger partial charge >= 0.3 is 0 Å². The lowest BCUT2D eigenvalue weighted by Crippen LogP contribution is -2.28. The predicted molar refractivity (Wildman–Crippen MR) is 93.7 cm³/mol. The minimum atomic E-state index is -0.520. The number of carbonyl (C=O) groups excluding carboxylic acids is 1. The van der Waals surface area contributed by atoms with Crippen LogP contribution in [0.2, 0.25) is 0 Å². The lowest BCUT2D eigenvalue weighted by Gasteiger charge is -2.14. The van der Waals surface area contributed by atoms with Gasteiger partial charge in [-0.3, -0.25) is 10.2 Å². The molecule has 1 aromatic carbocycles. The maximum atomic E-state index is 11.7. The second-order valence-corrected chi connectivity index (χ2v) is 6.59. The Balaban J connectivity index is 1.84. The summed E-state index contributed by atoms with van der Waals surface area (Å²) in [5.41, 5.74) is 7.02. The summed E-state index contributed by atoms with van der Waals surface area (Å²) < 4.78 is 5.77. The van der Waals surface area contributed by atoms with Crippen LogP contribution in [0.3, 0.4) is 0 Å². The molecule has 0 spiro atoms. The number of unbranched alkanes of at least 4 members (excludes halogenated alkanes) is 4. The van der Waals surface area contributed by atoms with Crippen molar-refractivity contribution in [3.05, 3.63) is 35.5 Å². The summed E-state index contributed by atoms with van der Waals surface area (Å²) in [6, 6.07) is 7.99. The average molecular weight is 316 g/mol. The van der Waals surface area contributed by atoms with Gasteiger partial charge in [0.2, 0.25) is 5.91 Å². The van der Waals surface area contributed by atoms with E-state index >= 15 is 0 Å². The zero-order valence-electron chi connectivity index (χ0n) is 14.4. The fourth-order valence-corrected chi connectivity index (χ4v) is 2.50. The number of hydrogen-bond acceptors (Lipinski definition) is 3. The smallest absolute Gasteiger partial charge is 0.249 e. The van der Waals surface area contributed by atoms with Crippen LogP contribution in [-0.4, -0.2) is 12.5 Å². The Hall–Kier alpha value is -1.97. The van der Waals surface area contributed by atoms with Gasteiger partial charge in [-0.05, 0) is 44.0 Å². The van der Waals surface area contributed by atoms with Crippen LogP contribution < -0.4 is 15.6 Å². The highest BCUT2D eigenvalue weighted by atomic mass is 16.5. The van der Waals surface area contributed by atoms with Crippen molar-refractivity contribution in [1.29, 1.82) is 0 Å². The van der Waals surface area contributed by atoms with Crippen molar-refractivity contribution in [1.82, 2.24) is 10.9 Å². The highest BCUT2D eigenvalue weighted by Gasteiger charge is 2.37. The number of nitrogens with one attached hydrogen (secondary N) is 2. The summed E-state index contributed by atoms with van der Waals surface area (Å²) >= 11 is 0. The quantitative estimate of drug-likeness (QED) is 0.712. The lowest BCUT2D eigenvalue weighted by molar-refractivity contribution is -0.125. The number of carbonyl (C=O) groups is 1. The number of rotatable bonds is 8. The molecule has 1 amide bonds. The highest BCUT2D eigenvalue weighted by Crippen LogP contribution is 2.29. The third-order valence-electron chi connectivity index (χ3n) is 4.26. The minimum Gasteiger partial charge on any atom is -0.494 e. The summed E-state index contributed by atoms with van der Waals surface area (Å²) in [5, 5.41) is 0. The molecule has 0 atom stereocenters. The molecule has 0 bridgehead atoms. The van der Waals surface area contributed by atoms with Crippen LogP contribution in [-0.2, 0) is 4.79 Å². The molecule has 0 aromatic heterocycles. The first kappa shape index (κ1) is 17.4. The second-order valence-electron chi connectivity index (χ2n) is 6.59. The number of amides is 1. The van der Waals surface area contributed by atoms with Crippen LogP contribution in [0.15, 0.2) is 30.0 Å². The van der Waals surface area contributed by atoms with Gasteiger partial charge in [-0.15, -0.1) is 0 Å². The fraction of sp³-hybridized carbons (Fsp3) is 0.526. The molecule has 1 aliphatic heterocycles. The molecule has 126 valence electrons. The lowest BCUT2D eigenvalue weighted by atomic mass is 9.89. The molecule has 0 aliphatic carbocycles. The average Bonchev–Trinajstić information content (AvgIpc) is 2.79. The zero-order chi connectivity index (χ0) is 16.7. The zero-order valence-corrected chi connectivity index (χ0v) is 14.4. The molecule has 0 radical (unpaired) electrons. The van der Waals surface area contributed by atoms with E-state index < -0.39 is 5.41 Å². The SMILES string of the molecule is CCCCCCCOc1ccc(/C=C2\NNC(=O)C2(C)C)cc1. The van der Waals surface area contributed by atoms with Gasteiger partial charge in [0.1, 0.15) is 5.75 Å². The molecule has 1 aliphatic rings. The molecular weight excluding hydrogens is 288 g/mol. The molecule has 1 heterocycles. The molecule has 1 saturated heterocycles. The van der Waals surface area contributed by atoms with Gasteiger partial charge < -0.3 is 10.2 Å². The largest absolute Gasteiger partial charge is 0.494 e. The number of hydrogen-bond donors (Lipinski definition) is 2. The first-order valence-corrected chi connectivity index (χ1v) is 8.55. The van der Waals surface area contributed by atoms with Crippen LogP contribution in [0.5, 0.6) is 5.75 Å². The number of benzene rings is 1. The first-order valence-electron chi connectivity index (χ1n) is 8.55. The Labute approximate surface area is 139 Å². The van der Waals surface area contributed by atoms with Crippen molar-refractivity contribution in [3.8, 4) is 5.75 Å². The fourth-order valence-electron chi connectivity index (χ4n) is 2.50. The Morgan fingerprint density at radius 2 is 1.74 bits per heavy atom. The molecule has 1 aromatic rings. The van der Waals surface area contributed by atoms with E-state index in [1.165, 1.54) is 25.7 Å². The molecular formula is C19H28N2O2. The van der Waals surface area contributed by atoms with Crippen molar-refractivity contribution in [3.63, 3.8) is 0 Å². The molecule has 4 nitrogen and oxygen atoms in total. The van der Waals surface area contributed by atoms with Gasteiger partial charge in [0.05, 0.1) is 12.0 Å². The van der Waals surface area contributed by atoms with Crippen molar-refractivity contribution in [2.24, 2.45) is 5.41 Å². The maximum absolute atomic E-state index is 11.7. The topological polar surface area (TPSA) is 50.4 Å². The highest BCUT2D eigenvalue weighted by molar-refractivity contribution is 5.89. The molecule has 4 heteroatoms. The van der Waals surface area contributed by atoms with Gasteiger partial charge in [0, 0.05) is 5.70 Å². The van der Waals surface area contributed by atoms with E-state index in [4.69, 9.17) is 4.74 Å². The third-order valence-corrected chi connectivity index (χ3v) is 4.26. The molecule has 2 rings (SSSR count). The van der Waals surface area contributed by atoms with Crippen LogP contribution in [0.1, 0.15) is 58.4 Å². The normalized spacial score (nSPS) is 17.9. The van der Waals surface area contributed by atoms with E-state index in [9.17, 15) is 4.79 Å². The predicted octanol–water partition coefficient (Wildman–Crippen LogP) is 4.04. The molecule has 1 fully saturated rings. The Morgan fingerprint density at radius 1 is 1.04 bits per heavy atom. The molecule has 23 heavy (non-hydrogen) atoms. The van der Waals surface area contributed by atoms with E-state index in [1.807, 2.05) is 44.2 Å². The molecule has 0 unspecified atom stereocenters. The number of ether oxygens (including phenoxy) is 1. The van der Waals surface area contributed by atoms with Crippen LogP contribution in [0.25, 0.3) is 6.08 Å². The van der Waals surface area contributed by atoms with Gasteiger partial charge in [-0.25, -0.2) is 0 Å². The minimum absolute atomic E-state index is 0.00761. The van der Waals surface area contributed by atoms with E-state index in [1.54, 1.807) is 0 Å². The van der Waals surface area contributed by atoms with Crippen molar-refractivity contribution >= 4 is 12.0 Å². The van der Waals surface area contributed by atoms with Gasteiger partial charge in [0.25, 0.3) is 0 Å². The van der Waals surface area contributed by atoms with Crippen LogP contribution in [0.4, 0.5) is 0 Å². The first-order chi connectivity index (χ1) is 11.0. The molecule has 0 saturated carbocycles. The van der Waals surface area contributed by atoms with Crippen LogP contribution >= 0.6 is 0 Å². The van der Waals surface area contributed by atoms with E-state index in [2.05, 4.69) is 17.8 Å². The second kappa shape index (κ2) is 8.04. The monoisotopic (exact) mass is 316 g/mol.